The zero-order valence-corrected chi connectivity index (χ0v) is 20.5. The number of benzene rings is 2. The number of hydrogen-bond donors (Lipinski definition) is 2. The molecule has 2 aliphatic rings. The van der Waals surface area contributed by atoms with Crippen molar-refractivity contribution in [1.29, 1.82) is 0 Å². The number of likely N-dealkylation sites (tertiary alicyclic amines) is 2. The molecular weight excluding hydrogens is 429 g/mol. The molecule has 184 valence electrons. The predicted octanol–water partition coefficient (Wildman–Crippen LogP) is 4.82. The van der Waals surface area contributed by atoms with Crippen molar-refractivity contribution < 1.29 is 14.3 Å². The zero-order valence-electron chi connectivity index (χ0n) is 20.5. The van der Waals surface area contributed by atoms with E-state index in [4.69, 9.17) is 0 Å². The average molecular weight is 468 g/mol. The molecule has 2 fully saturated rings. The Kier molecular flexibility index (Phi) is 7.89. The number of piperidine rings is 1. The number of anilines is 1. The fourth-order valence-corrected chi connectivity index (χ4v) is 5.19. The first kappa shape index (κ1) is 24.7. The quantitative estimate of drug-likeness (QED) is 0.584. The van der Waals surface area contributed by atoms with E-state index < -0.39 is 5.67 Å². The van der Waals surface area contributed by atoms with Gasteiger partial charge in [0, 0.05) is 30.9 Å². The van der Waals surface area contributed by atoms with Crippen LogP contribution in [0, 0.1) is 5.92 Å². The molecule has 5 nitrogen and oxygen atoms in total. The molecule has 4 rings (SSSR count). The third-order valence-corrected chi connectivity index (χ3v) is 7.10. The topological polar surface area (TPSA) is 55.8 Å². The normalized spacial score (nSPS) is 20.0. The van der Waals surface area contributed by atoms with Crippen LogP contribution in [0.25, 0.3) is 11.1 Å². The van der Waals surface area contributed by atoms with E-state index in [-0.39, 0.29) is 18.6 Å². The highest BCUT2D eigenvalue weighted by molar-refractivity contribution is 5.95. The van der Waals surface area contributed by atoms with Crippen molar-refractivity contribution in [1.82, 2.24) is 9.80 Å². The maximum absolute atomic E-state index is 13.9. The molecule has 0 spiro atoms. The number of carbonyl (C=O) groups excluding carboxylic acids is 1. The molecule has 2 N–H and O–H groups in total. The Morgan fingerprint density at radius 1 is 1.00 bits per heavy atom. The summed E-state index contributed by atoms with van der Waals surface area (Å²) in [7, 11) is 0. The van der Waals surface area contributed by atoms with Crippen molar-refractivity contribution in [2.45, 2.75) is 51.2 Å². The molecule has 34 heavy (non-hydrogen) atoms. The van der Waals surface area contributed by atoms with E-state index in [9.17, 15) is 14.3 Å². The molecule has 2 aromatic carbocycles. The molecule has 0 aliphatic carbocycles. The van der Waals surface area contributed by atoms with Gasteiger partial charge in [-0.1, -0.05) is 24.3 Å². The first-order chi connectivity index (χ1) is 16.3. The third-order valence-electron chi connectivity index (χ3n) is 7.10. The molecule has 0 saturated carbocycles. The maximum atomic E-state index is 13.9. The number of hydrogen-bond acceptors (Lipinski definition) is 4. The smallest absolute Gasteiger partial charge is 0.254 e. The van der Waals surface area contributed by atoms with Gasteiger partial charge < -0.3 is 20.2 Å². The number of amides is 1. The number of rotatable bonds is 8. The summed E-state index contributed by atoms with van der Waals surface area (Å²) in [4.78, 5) is 16.8. The first-order valence-electron chi connectivity index (χ1n) is 12.6. The summed E-state index contributed by atoms with van der Waals surface area (Å²) < 4.78 is 13.9. The minimum atomic E-state index is -1.13. The van der Waals surface area contributed by atoms with E-state index in [0.717, 1.165) is 68.7 Å². The summed E-state index contributed by atoms with van der Waals surface area (Å²) >= 11 is 0. The van der Waals surface area contributed by atoms with E-state index in [1.54, 1.807) is 18.7 Å². The molecule has 1 atom stereocenters. The largest absolute Gasteiger partial charge is 0.394 e. The number of nitrogens with zero attached hydrogens (tertiary/aromatic N) is 2. The zero-order chi connectivity index (χ0) is 24.1. The SMILES string of the molecule is CC(C)(F)CN1CCC(CNc2ccc(-c3ccc(C(=O)N4CCCC4CO)cc3)cc2)CC1. The number of carbonyl (C=O) groups is 1. The lowest BCUT2D eigenvalue weighted by molar-refractivity contribution is 0.0677. The molecule has 2 aliphatic heterocycles. The fourth-order valence-electron chi connectivity index (χ4n) is 5.19. The van der Waals surface area contributed by atoms with Gasteiger partial charge in [-0.2, -0.15) is 0 Å². The van der Waals surface area contributed by atoms with Crippen molar-refractivity contribution in [3.8, 4) is 11.1 Å². The van der Waals surface area contributed by atoms with Gasteiger partial charge in [-0.3, -0.25) is 4.79 Å². The van der Waals surface area contributed by atoms with E-state index in [2.05, 4.69) is 34.5 Å². The Bertz CT molecular complexity index is 932. The van der Waals surface area contributed by atoms with E-state index in [0.29, 0.717) is 18.0 Å². The van der Waals surface area contributed by atoms with Crippen LogP contribution in [-0.2, 0) is 0 Å². The third kappa shape index (κ3) is 6.36. The van der Waals surface area contributed by atoms with Gasteiger partial charge in [0.25, 0.3) is 5.91 Å². The predicted molar refractivity (Wildman–Crippen MR) is 136 cm³/mol. The Hall–Kier alpha value is -2.44. The summed E-state index contributed by atoms with van der Waals surface area (Å²) in [6.45, 7) is 7.45. The fraction of sp³-hybridized carbons (Fsp3) is 0.536. The summed E-state index contributed by atoms with van der Waals surface area (Å²) in [5.74, 6) is 0.617. The summed E-state index contributed by atoms with van der Waals surface area (Å²) in [5.41, 5.74) is 2.84. The number of halogens is 1. The van der Waals surface area contributed by atoms with Crippen molar-refractivity contribution in [3.05, 3.63) is 54.1 Å². The van der Waals surface area contributed by atoms with E-state index in [1.807, 2.05) is 24.3 Å². The second-order valence-electron chi connectivity index (χ2n) is 10.5. The highest BCUT2D eigenvalue weighted by Gasteiger charge is 2.28. The van der Waals surface area contributed by atoms with E-state index in [1.165, 1.54) is 0 Å². The van der Waals surface area contributed by atoms with E-state index >= 15 is 0 Å². The molecule has 2 aromatic rings. The first-order valence-corrected chi connectivity index (χ1v) is 12.6. The van der Waals surface area contributed by atoms with Crippen molar-refractivity contribution >= 4 is 11.6 Å². The lowest BCUT2D eigenvalue weighted by Crippen LogP contribution is -2.42. The Balaban J connectivity index is 1.27. The highest BCUT2D eigenvalue weighted by atomic mass is 19.1. The van der Waals surface area contributed by atoms with Crippen molar-refractivity contribution in [3.63, 3.8) is 0 Å². The lowest BCUT2D eigenvalue weighted by atomic mass is 9.95. The van der Waals surface area contributed by atoms with Gasteiger partial charge in [0.05, 0.1) is 12.6 Å². The van der Waals surface area contributed by atoms with Gasteiger partial charge in [-0.25, -0.2) is 4.39 Å². The number of nitrogens with one attached hydrogen (secondary N) is 1. The Labute approximate surface area is 203 Å². The molecule has 0 bridgehead atoms. The van der Waals surface area contributed by atoms with Crippen LogP contribution in [0.5, 0.6) is 0 Å². The van der Waals surface area contributed by atoms with Gasteiger partial charge in [0.1, 0.15) is 5.67 Å². The number of aliphatic hydroxyl groups is 1. The lowest BCUT2D eigenvalue weighted by Gasteiger charge is -2.34. The molecule has 0 aromatic heterocycles. The van der Waals surface area contributed by atoms with Crippen molar-refractivity contribution in [2.24, 2.45) is 5.92 Å². The van der Waals surface area contributed by atoms with Crippen LogP contribution >= 0.6 is 0 Å². The van der Waals surface area contributed by atoms with Gasteiger partial charge in [0.15, 0.2) is 0 Å². The molecule has 6 heteroatoms. The molecule has 1 amide bonds. The number of alkyl halides is 1. The summed E-state index contributed by atoms with van der Waals surface area (Å²) in [6.07, 6.45) is 4.02. The second kappa shape index (κ2) is 10.9. The van der Waals surface area contributed by atoms with Crippen molar-refractivity contribution in [2.75, 3.05) is 44.6 Å². The standard InChI is InChI=1S/C28H38FN3O2/c1-28(2,29)20-31-16-13-21(14-17-31)18-30-25-11-9-23(10-12-25)22-5-7-24(8-6-22)27(34)32-15-3-4-26(32)19-33/h5-12,21,26,30,33H,3-4,13-20H2,1-2H3. The Morgan fingerprint density at radius 3 is 2.21 bits per heavy atom. The van der Waals surface area contributed by atoms with Gasteiger partial charge in [0.2, 0.25) is 0 Å². The van der Waals surface area contributed by atoms with Crippen LogP contribution in [0.3, 0.4) is 0 Å². The summed E-state index contributed by atoms with van der Waals surface area (Å²) in [5, 5.41) is 13.1. The maximum Gasteiger partial charge on any atom is 0.254 e. The van der Waals surface area contributed by atoms with Crippen LogP contribution < -0.4 is 5.32 Å². The van der Waals surface area contributed by atoms with Gasteiger partial charge >= 0.3 is 0 Å². The van der Waals surface area contributed by atoms with Crippen LogP contribution in [-0.4, -0.2) is 71.9 Å². The average Bonchev–Trinajstić information content (AvgIpc) is 3.32. The van der Waals surface area contributed by atoms with Gasteiger partial charge in [-0.15, -0.1) is 0 Å². The molecule has 0 radical (unpaired) electrons. The van der Waals surface area contributed by atoms with Gasteiger partial charge in [-0.05, 0) is 93.9 Å². The monoisotopic (exact) mass is 467 g/mol. The van der Waals surface area contributed by atoms with Crippen LogP contribution in [0.2, 0.25) is 0 Å². The van der Waals surface area contributed by atoms with Crippen LogP contribution in [0.4, 0.5) is 10.1 Å². The Morgan fingerprint density at radius 2 is 1.62 bits per heavy atom. The minimum absolute atomic E-state index is 0.00175. The highest BCUT2D eigenvalue weighted by Crippen LogP contribution is 2.25. The molecule has 2 heterocycles. The second-order valence-corrected chi connectivity index (χ2v) is 10.5. The molecule has 1 unspecified atom stereocenters. The molecule has 2 saturated heterocycles. The number of aliphatic hydroxyl groups excluding tert-OH is 1. The minimum Gasteiger partial charge on any atom is -0.394 e. The van der Waals surface area contributed by atoms with Crippen LogP contribution in [0.15, 0.2) is 48.5 Å². The summed E-state index contributed by atoms with van der Waals surface area (Å²) in [6, 6.07) is 16.1. The molecular formula is C28H38FN3O2. The van der Waals surface area contributed by atoms with Crippen LogP contribution in [0.1, 0.15) is 49.9 Å².